The molecular formula is C65H42N8. The molecule has 0 radical (unpaired) electrons. The van der Waals surface area contributed by atoms with Crippen LogP contribution in [0.15, 0.2) is 182 Å². The van der Waals surface area contributed by atoms with Gasteiger partial charge in [-0.25, -0.2) is 15.0 Å². The van der Waals surface area contributed by atoms with E-state index in [1.807, 2.05) is 84.9 Å². The van der Waals surface area contributed by atoms with Crippen LogP contribution in [0.1, 0.15) is 44.5 Å². The SMILES string of the molecule is Cc1ccc(-c2ccc3c(c2)c2cc(-c4ccc(C)cc4C)ccc2n3-c2c(-c3ccc(C#N)cc3C#N)cc(-c3nc(-c4ccccc4)nc(-c4ccccc4)n3)cc2-c2ccc(C#N)cc2C#N)c(C)c1. The summed E-state index contributed by atoms with van der Waals surface area (Å²) in [6.07, 6.45) is 0. The lowest BCUT2D eigenvalue weighted by atomic mass is 9.88. The number of aromatic nitrogens is 4. The Kier molecular flexibility index (Phi) is 11.5. The van der Waals surface area contributed by atoms with Gasteiger partial charge in [-0.05, 0) is 122 Å². The zero-order valence-corrected chi connectivity index (χ0v) is 40.4. The van der Waals surface area contributed by atoms with E-state index in [4.69, 9.17) is 15.0 Å². The number of fused-ring (bicyclic) bond motifs is 3. The van der Waals surface area contributed by atoms with Crippen molar-refractivity contribution < 1.29 is 0 Å². The van der Waals surface area contributed by atoms with Crippen LogP contribution in [-0.4, -0.2) is 19.5 Å². The molecule has 9 aromatic carbocycles. The molecule has 2 aromatic heterocycles. The summed E-state index contributed by atoms with van der Waals surface area (Å²) < 4.78 is 2.23. The molecule has 0 unspecified atom stereocenters. The lowest BCUT2D eigenvalue weighted by Crippen LogP contribution is -2.05. The van der Waals surface area contributed by atoms with Gasteiger partial charge in [0.2, 0.25) is 0 Å². The van der Waals surface area contributed by atoms with E-state index in [1.54, 1.807) is 24.3 Å². The molecule has 0 atom stereocenters. The average Bonchev–Trinajstić information content (AvgIpc) is 3.75. The summed E-state index contributed by atoms with van der Waals surface area (Å²) in [5.41, 5.74) is 17.3. The first-order chi connectivity index (χ1) is 35.6. The van der Waals surface area contributed by atoms with Crippen molar-refractivity contribution in [2.24, 2.45) is 0 Å². The number of nitriles is 4. The fourth-order valence-corrected chi connectivity index (χ4v) is 10.1. The van der Waals surface area contributed by atoms with E-state index in [0.29, 0.717) is 62.1 Å². The Morgan fingerprint density at radius 2 is 0.753 bits per heavy atom. The third kappa shape index (κ3) is 8.22. The molecule has 0 saturated heterocycles. The highest BCUT2D eigenvalue weighted by molar-refractivity contribution is 6.13. The number of hydrogen-bond donors (Lipinski definition) is 0. The van der Waals surface area contributed by atoms with Crippen molar-refractivity contribution in [3.63, 3.8) is 0 Å². The minimum Gasteiger partial charge on any atom is -0.308 e. The summed E-state index contributed by atoms with van der Waals surface area (Å²) in [7, 11) is 0. The molecule has 0 N–H and O–H groups in total. The maximum Gasteiger partial charge on any atom is 0.164 e. The van der Waals surface area contributed by atoms with Crippen molar-refractivity contribution in [2.75, 3.05) is 0 Å². The standard InChI is InChI=1S/C65H42N8/c1-39-15-21-52(41(3)27-39)47-19-25-60-56(31-47)57-32-48(53-22-16-40(2)28-42(53)4)20-26-61(57)73(60)62-58(54-23-17-43(35-66)29-50(54)37-68)33-49(34-59(62)55-24-18-44(36-67)30-51(55)38-69)65-71-63(45-11-7-5-8-12-45)70-64(72-65)46-13-9-6-10-14-46/h5-34H,1-4H3. The van der Waals surface area contributed by atoms with Crippen LogP contribution in [0.4, 0.5) is 0 Å². The summed E-state index contributed by atoms with van der Waals surface area (Å²) in [5, 5.41) is 44.2. The molecule has 73 heavy (non-hydrogen) atoms. The van der Waals surface area contributed by atoms with E-state index in [0.717, 1.165) is 66.3 Å². The van der Waals surface area contributed by atoms with Gasteiger partial charge >= 0.3 is 0 Å². The molecule has 0 aliphatic rings. The predicted molar refractivity (Wildman–Crippen MR) is 290 cm³/mol. The van der Waals surface area contributed by atoms with Crippen LogP contribution in [0, 0.1) is 73.0 Å². The Bertz CT molecular complexity index is 3970. The average molecular weight is 935 g/mol. The molecule has 342 valence electrons. The Labute approximate surface area is 423 Å². The second kappa shape index (κ2) is 18.6. The Balaban J connectivity index is 1.31. The van der Waals surface area contributed by atoms with E-state index >= 15 is 0 Å². The predicted octanol–water partition coefficient (Wildman–Crippen LogP) is 15.4. The van der Waals surface area contributed by atoms with Gasteiger partial charge in [0, 0.05) is 49.7 Å². The highest BCUT2D eigenvalue weighted by atomic mass is 15.0. The Morgan fingerprint density at radius 1 is 0.342 bits per heavy atom. The highest BCUT2D eigenvalue weighted by Crippen LogP contribution is 2.47. The van der Waals surface area contributed by atoms with Crippen molar-refractivity contribution in [3.05, 3.63) is 226 Å². The second-order valence-corrected chi connectivity index (χ2v) is 18.4. The molecule has 0 aliphatic carbocycles. The van der Waals surface area contributed by atoms with Gasteiger partial charge < -0.3 is 4.57 Å². The molecule has 0 amide bonds. The van der Waals surface area contributed by atoms with Gasteiger partial charge in [0.05, 0.1) is 63.3 Å². The third-order valence-corrected chi connectivity index (χ3v) is 13.6. The first-order valence-corrected chi connectivity index (χ1v) is 23.8. The molecule has 11 aromatic rings. The summed E-state index contributed by atoms with van der Waals surface area (Å²) >= 11 is 0. The summed E-state index contributed by atoms with van der Waals surface area (Å²) in [6.45, 7) is 8.48. The van der Waals surface area contributed by atoms with Crippen molar-refractivity contribution in [1.29, 1.82) is 21.0 Å². The van der Waals surface area contributed by atoms with Crippen LogP contribution in [0.5, 0.6) is 0 Å². The summed E-state index contributed by atoms with van der Waals surface area (Å²) in [5.74, 6) is 1.29. The topological polar surface area (TPSA) is 139 Å². The molecule has 0 bridgehead atoms. The van der Waals surface area contributed by atoms with Crippen LogP contribution in [0.25, 0.3) is 106 Å². The quantitative estimate of drug-likeness (QED) is 0.148. The zero-order chi connectivity index (χ0) is 50.3. The van der Waals surface area contributed by atoms with Crippen LogP contribution in [0.2, 0.25) is 0 Å². The van der Waals surface area contributed by atoms with Crippen LogP contribution in [0.3, 0.4) is 0 Å². The number of rotatable bonds is 8. The summed E-state index contributed by atoms with van der Waals surface area (Å²) in [6, 6.07) is 69.2. The van der Waals surface area contributed by atoms with Crippen molar-refractivity contribution >= 4 is 21.8 Å². The number of benzene rings is 9. The monoisotopic (exact) mass is 934 g/mol. The first kappa shape index (κ1) is 45.2. The van der Waals surface area contributed by atoms with E-state index in [-0.39, 0.29) is 11.1 Å². The minimum atomic E-state index is 0.282. The molecule has 2 heterocycles. The van der Waals surface area contributed by atoms with Gasteiger partial charge in [0.15, 0.2) is 17.5 Å². The van der Waals surface area contributed by atoms with Gasteiger partial charge in [-0.2, -0.15) is 21.0 Å². The fourth-order valence-electron chi connectivity index (χ4n) is 10.1. The number of aryl methyl sites for hydroxylation is 4. The van der Waals surface area contributed by atoms with Gasteiger partial charge in [-0.1, -0.05) is 132 Å². The molecule has 8 heteroatoms. The first-order valence-electron chi connectivity index (χ1n) is 23.8. The molecular weight excluding hydrogens is 893 g/mol. The molecule has 0 aliphatic heterocycles. The molecule has 0 fully saturated rings. The van der Waals surface area contributed by atoms with Crippen LogP contribution in [-0.2, 0) is 0 Å². The van der Waals surface area contributed by atoms with E-state index in [2.05, 4.69) is 129 Å². The maximum atomic E-state index is 11.0. The normalized spacial score (nSPS) is 11.0. The Morgan fingerprint density at radius 3 is 1.15 bits per heavy atom. The molecule has 11 rings (SSSR count). The number of hydrogen-bond acceptors (Lipinski definition) is 7. The van der Waals surface area contributed by atoms with E-state index in [9.17, 15) is 21.0 Å². The molecule has 0 spiro atoms. The van der Waals surface area contributed by atoms with Crippen molar-refractivity contribution in [2.45, 2.75) is 27.7 Å². The second-order valence-electron chi connectivity index (χ2n) is 18.4. The van der Waals surface area contributed by atoms with E-state index < -0.39 is 0 Å². The molecule has 8 nitrogen and oxygen atoms in total. The van der Waals surface area contributed by atoms with E-state index in [1.165, 1.54) is 11.1 Å². The van der Waals surface area contributed by atoms with Crippen molar-refractivity contribution in [1.82, 2.24) is 19.5 Å². The summed E-state index contributed by atoms with van der Waals surface area (Å²) in [4.78, 5) is 15.3. The smallest absolute Gasteiger partial charge is 0.164 e. The van der Waals surface area contributed by atoms with Crippen molar-refractivity contribution in [3.8, 4) is 109 Å². The maximum absolute atomic E-state index is 11.0. The fraction of sp³-hybridized carbons (Fsp3) is 0.0615. The zero-order valence-electron chi connectivity index (χ0n) is 40.4. The lowest BCUT2D eigenvalue weighted by Gasteiger charge is -2.22. The highest BCUT2D eigenvalue weighted by Gasteiger charge is 2.26. The van der Waals surface area contributed by atoms with Crippen LogP contribution < -0.4 is 0 Å². The lowest BCUT2D eigenvalue weighted by molar-refractivity contribution is 1.07. The molecule has 0 saturated carbocycles. The number of nitrogens with zero attached hydrogens (tertiary/aromatic N) is 8. The minimum absolute atomic E-state index is 0.282. The van der Waals surface area contributed by atoms with Gasteiger partial charge in [-0.3, -0.25) is 0 Å². The largest absolute Gasteiger partial charge is 0.308 e. The van der Waals surface area contributed by atoms with Gasteiger partial charge in [0.1, 0.15) is 0 Å². The van der Waals surface area contributed by atoms with Gasteiger partial charge in [-0.15, -0.1) is 0 Å². The third-order valence-electron chi connectivity index (χ3n) is 13.6. The van der Waals surface area contributed by atoms with Gasteiger partial charge in [0.25, 0.3) is 0 Å². The van der Waals surface area contributed by atoms with Crippen LogP contribution >= 0.6 is 0 Å². The Hall–Kier alpha value is -10.3.